The lowest BCUT2D eigenvalue weighted by Crippen LogP contribution is -1.95. The molecule has 20 heavy (non-hydrogen) atoms. The molecular weight excluding hydrogens is 256 g/mol. The van der Waals surface area contributed by atoms with Crippen LogP contribution in [-0.2, 0) is 0 Å². The fraction of sp³-hybridized carbons (Fsp3) is 0. The molecule has 1 aromatic carbocycles. The van der Waals surface area contributed by atoms with Crippen molar-refractivity contribution in [2.45, 2.75) is 0 Å². The Bertz CT molecular complexity index is 735. The molecule has 3 rings (SSSR count). The maximum Gasteiger partial charge on any atom is 0.335 e. The van der Waals surface area contributed by atoms with Gasteiger partial charge in [-0.1, -0.05) is 12.1 Å². The number of rotatable bonds is 3. The number of hydrogen-bond acceptors (Lipinski definition) is 4. The van der Waals surface area contributed by atoms with Gasteiger partial charge in [0.2, 0.25) is 0 Å². The molecule has 2 heterocycles. The van der Waals surface area contributed by atoms with Gasteiger partial charge in [-0.3, -0.25) is 10.1 Å². The average molecular weight is 266 g/mol. The molecule has 0 aliphatic rings. The Hall–Kier alpha value is -3.02. The number of carbonyl (C=O) groups is 1. The van der Waals surface area contributed by atoms with Gasteiger partial charge in [0.1, 0.15) is 0 Å². The minimum atomic E-state index is -0.955. The Balaban J connectivity index is 1.92. The van der Waals surface area contributed by atoms with Crippen LogP contribution in [0, 0.1) is 0 Å². The van der Waals surface area contributed by atoms with Crippen LogP contribution in [0.5, 0.6) is 0 Å². The number of hydrogen-bond donors (Lipinski definition) is 2. The lowest BCUT2D eigenvalue weighted by Gasteiger charge is -1.96. The predicted octanol–water partition coefficient (Wildman–Crippen LogP) is 2.23. The van der Waals surface area contributed by atoms with Crippen molar-refractivity contribution in [3.63, 3.8) is 0 Å². The molecule has 2 N–H and O–H groups in total. The number of aromatic amines is 1. The van der Waals surface area contributed by atoms with Crippen LogP contribution >= 0.6 is 0 Å². The van der Waals surface area contributed by atoms with Gasteiger partial charge in [0.15, 0.2) is 11.6 Å². The van der Waals surface area contributed by atoms with E-state index in [1.54, 1.807) is 24.5 Å². The summed E-state index contributed by atoms with van der Waals surface area (Å²) in [5.74, 6) is 0.211. The Morgan fingerprint density at radius 3 is 2.35 bits per heavy atom. The summed E-state index contributed by atoms with van der Waals surface area (Å²) in [6.45, 7) is 0. The molecule has 0 radical (unpaired) electrons. The molecule has 0 bridgehead atoms. The van der Waals surface area contributed by atoms with E-state index < -0.39 is 5.97 Å². The third-order valence-electron chi connectivity index (χ3n) is 2.83. The van der Waals surface area contributed by atoms with E-state index in [0.717, 1.165) is 11.1 Å². The van der Waals surface area contributed by atoms with Crippen LogP contribution in [0.2, 0.25) is 0 Å². The van der Waals surface area contributed by atoms with Crippen molar-refractivity contribution in [2.75, 3.05) is 0 Å². The maximum absolute atomic E-state index is 10.8. The summed E-state index contributed by atoms with van der Waals surface area (Å²) in [5.41, 5.74) is 1.88. The van der Waals surface area contributed by atoms with Crippen molar-refractivity contribution >= 4 is 5.97 Å². The zero-order valence-corrected chi connectivity index (χ0v) is 10.3. The van der Waals surface area contributed by atoms with Crippen LogP contribution in [0.1, 0.15) is 10.4 Å². The molecule has 0 unspecified atom stereocenters. The Labute approximate surface area is 114 Å². The first kappa shape index (κ1) is 12.0. The largest absolute Gasteiger partial charge is 0.478 e. The fourth-order valence-electron chi connectivity index (χ4n) is 1.79. The number of pyridine rings is 1. The smallest absolute Gasteiger partial charge is 0.335 e. The van der Waals surface area contributed by atoms with Gasteiger partial charge in [-0.15, -0.1) is 0 Å². The standard InChI is InChI=1S/C14H10N4O2/c19-14(20)11-3-1-9(2-4-11)12-16-13(18-17-12)10-5-7-15-8-6-10/h1-8H,(H,19,20)(H,16,17,18). The number of aromatic nitrogens is 4. The van der Waals surface area contributed by atoms with Crippen LogP contribution in [0.25, 0.3) is 22.8 Å². The van der Waals surface area contributed by atoms with Crippen molar-refractivity contribution in [3.8, 4) is 22.8 Å². The highest BCUT2D eigenvalue weighted by Gasteiger charge is 2.08. The molecular formula is C14H10N4O2. The number of aromatic carboxylic acids is 1. The molecule has 0 aliphatic carbocycles. The summed E-state index contributed by atoms with van der Waals surface area (Å²) in [5, 5.41) is 15.8. The third kappa shape index (κ3) is 2.26. The molecule has 0 spiro atoms. The number of carboxylic acids is 1. The van der Waals surface area contributed by atoms with E-state index in [-0.39, 0.29) is 5.56 Å². The molecule has 0 aliphatic heterocycles. The topological polar surface area (TPSA) is 91.8 Å². The molecule has 3 aromatic rings. The van der Waals surface area contributed by atoms with Crippen LogP contribution in [0.15, 0.2) is 48.8 Å². The maximum atomic E-state index is 10.8. The van der Waals surface area contributed by atoms with Crippen molar-refractivity contribution in [1.82, 2.24) is 20.2 Å². The number of nitrogens with one attached hydrogen (secondary N) is 1. The summed E-state index contributed by atoms with van der Waals surface area (Å²) in [7, 11) is 0. The Morgan fingerprint density at radius 2 is 1.70 bits per heavy atom. The van der Waals surface area contributed by atoms with Gasteiger partial charge in [-0.2, -0.15) is 5.10 Å². The summed E-state index contributed by atoms with van der Waals surface area (Å²) in [4.78, 5) is 19.1. The average Bonchev–Trinajstić information content (AvgIpc) is 2.98. The second-order valence-corrected chi connectivity index (χ2v) is 4.13. The van der Waals surface area contributed by atoms with Gasteiger partial charge in [-0.25, -0.2) is 9.78 Å². The number of carboxylic acid groups (broad SMARTS) is 1. The zero-order chi connectivity index (χ0) is 13.9. The molecule has 0 amide bonds. The lowest BCUT2D eigenvalue weighted by atomic mass is 10.1. The fourth-order valence-corrected chi connectivity index (χ4v) is 1.79. The van der Waals surface area contributed by atoms with Gasteiger partial charge in [0.05, 0.1) is 5.56 Å². The van der Waals surface area contributed by atoms with E-state index in [9.17, 15) is 4.79 Å². The first-order valence-electron chi connectivity index (χ1n) is 5.90. The molecule has 0 saturated carbocycles. The van der Waals surface area contributed by atoms with Crippen LogP contribution in [0.4, 0.5) is 0 Å². The minimum Gasteiger partial charge on any atom is -0.478 e. The normalized spacial score (nSPS) is 10.4. The predicted molar refractivity (Wildman–Crippen MR) is 72.0 cm³/mol. The molecule has 0 atom stereocenters. The van der Waals surface area contributed by atoms with E-state index >= 15 is 0 Å². The van der Waals surface area contributed by atoms with Crippen molar-refractivity contribution in [2.24, 2.45) is 0 Å². The van der Waals surface area contributed by atoms with Crippen LogP contribution in [0.3, 0.4) is 0 Å². The SMILES string of the molecule is O=C(O)c1ccc(-c2n[nH]c(-c3ccncc3)n2)cc1. The number of H-pyrrole nitrogens is 1. The Morgan fingerprint density at radius 1 is 1.00 bits per heavy atom. The summed E-state index contributed by atoms with van der Waals surface area (Å²) < 4.78 is 0. The molecule has 98 valence electrons. The number of benzene rings is 1. The first-order valence-corrected chi connectivity index (χ1v) is 5.90. The second kappa shape index (κ2) is 4.93. The van der Waals surface area contributed by atoms with E-state index in [4.69, 9.17) is 5.11 Å². The van der Waals surface area contributed by atoms with Crippen molar-refractivity contribution < 1.29 is 9.90 Å². The van der Waals surface area contributed by atoms with E-state index in [0.29, 0.717) is 11.6 Å². The third-order valence-corrected chi connectivity index (χ3v) is 2.83. The van der Waals surface area contributed by atoms with E-state index in [2.05, 4.69) is 20.2 Å². The zero-order valence-electron chi connectivity index (χ0n) is 10.3. The quantitative estimate of drug-likeness (QED) is 0.758. The summed E-state index contributed by atoms with van der Waals surface area (Å²) >= 11 is 0. The molecule has 6 nitrogen and oxygen atoms in total. The Kier molecular flexibility index (Phi) is 2.96. The monoisotopic (exact) mass is 266 g/mol. The molecule has 0 saturated heterocycles. The number of nitrogens with zero attached hydrogens (tertiary/aromatic N) is 3. The van der Waals surface area contributed by atoms with Gasteiger partial charge >= 0.3 is 5.97 Å². The first-order chi connectivity index (χ1) is 9.74. The summed E-state index contributed by atoms with van der Waals surface area (Å²) in [6, 6.07) is 10.1. The van der Waals surface area contributed by atoms with Gasteiger partial charge < -0.3 is 5.11 Å². The molecule has 2 aromatic heterocycles. The molecule has 0 fully saturated rings. The highest BCUT2D eigenvalue weighted by atomic mass is 16.4. The lowest BCUT2D eigenvalue weighted by molar-refractivity contribution is 0.0697. The molecule has 6 heteroatoms. The van der Waals surface area contributed by atoms with E-state index in [1.165, 1.54) is 12.1 Å². The van der Waals surface area contributed by atoms with Crippen LogP contribution in [-0.4, -0.2) is 31.2 Å². The van der Waals surface area contributed by atoms with Crippen molar-refractivity contribution in [1.29, 1.82) is 0 Å². The van der Waals surface area contributed by atoms with Crippen LogP contribution < -0.4 is 0 Å². The minimum absolute atomic E-state index is 0.235. The highest BCUT2D eigenvalue weighted by Crippen LogP contribution is 2.19. The second-order valence-electron chi connectivity index (χ2n) is 4.13. The van der Waals surface area contributed by atoms with Crippen molar-refractivity contribution in [3.05, 3.63) is 54.4 Å². The summed E-state index contributed by atoms with van der Waals surface area (Å²) in [6.07, 6.45) is 3.36. The van der Waals surface area contributed by atoms with Gasteiger partial charge in [0.25, 0.3) is 0 Å². The van der Waals surface area contributed by atoms with Gasteiger partial charge in [-0.05, 0) is 24.3 Å². The van der Waals surface area contributed by atoms with Gasteiger partial charge in [0, 0.05) is 23.5 Å². The highest BCUT2D eigenvalue weighted by molar-refractivity contribution is 5.88. The van der Waals surface area contributed by atoms with E-state index in [1.807, 2.05) is 12.1 Å².